The molecule has 1 atom stereocenters. The Hall–Kier alpha value is -1.80. The first-order valence-corrected chi connectivity index (χ1v) is 10.1. The van der Waals surface area contributed by atoms with Crippen molar-refractivity contribution in [1.82, 2.24) is 14.1 Å². The highest BCUT2D eigenvalue weighted by Gasteiger charge is 2.39. The normalized spacial score (nSPS) is 15.2. The van der Waals surface area contributed by atoms with Crippen LogP contribution >= 0.6 is 0 Å². The monoisotopic (exact) mass is 385 g/mol. The van der Waals surface area contributed by atoms with Gasteiger partial charge in [-0.25, -0.2) is 23.1 Å². The third-order valence-electron chi connectivity index (χ3n) is 3.58. The number of esters is 1. The van der Waals surface area contributed by atoms with Crippen LogP contribution in [0, 0.1) is 5.82 Å². The van der Waals surface area contributed by atoms with E-state index in [1.165, 1.54) is 22.9 Å². The second-order valence-corrected chi connectivity index (χ2v) is 6.73. The van der Waals surface area contributed by atoms with E-state index in [0.717, 1.165) is 12.8 Å². The average Bonchev–Trinajstić information content (AvgIpc) is 3.20. The van der Waals surface area contributed by atoms with Crippen LogP contribution in [0.4, 0.5) is 4.39 Å². The molecule has 0 saturated heterocycles. The molecule has 0 amide bonds. The van der Waals surface area contributed by atoms with Gasteiger partial charge in [-0.3, -0.25) is 4.40 Å². The van der Waals surface area contributed by atoms with Gasteiger partial charge in [0.25, 0.3) is 0 Å². The van der Waals surface area contributed by atoms with E-state index in [1.54, 1.807) is 6.92 Å². The standard InChI is InChI=1S/C14H16FN3O3S.2C2H6/c1-3-21-13(19)12-16-7-11-10(15)6-9(8-18(11)12)22(20)17-14(2)4-5-14;2*1-2/h6-8,17H,3-5H2,1-2H3;2*1-2H3. The largest absolute Gasteiger partial charge is 0.460 e. The lowest BCUT2D eigenvalue weighted by atomic mass is 10.4. The van der Waals surface area contributed by atoms with Crippen molar-refractivity contribution in [2.24, 2.45) is 0 Å². The minimum absolute atomic E-state index is 0.0350. The Morgan fingerprint density at radius 3 is 2.54 bits per heavy atom. The molecule has 6 nitrogen and oxygen atoms in total. The van der Waals surface area contributed by atoms with E-state index < -0.39 is 22.8 Å². The molecule has 0 aliphatic heterocycles. The molecule has 1 aliphatic carbocycles. The van der Waals surface area contributed by atoms with Gasteiger partial charge in [0, 0.05) is 11.7 Å². The minimum Gasteiger partial charge on any atom is -0.460 e. The number of pyridine rings is 1. The van der Waals surface area contributed by atoms with Crippen molar-refractivity contribution in [1.29, 1.82) is 0 Å². The van der Waals surface area contributed by atoms with Crippen LogP contribution in [0.1, 0.15) is 65.0 Å². The lowest BCUT2D eigenvalue weighted by Gasteiger charge is -2.11. The predicted octanol–water partition coefficient (Wildman–Crippen LogP) is 3.87. The first-order valence-electron chi connectivity index (χ1n) is 8.97. The van der Waals surface area contributed by atoms with E-state index in [4.69, 9.17) is 4.74 Å². The number of imidazole rings is 1. The van der Waals surface area contributed by atoms with Gasteiger partial charge in [-0.05, 0) is 32.8 Å². The first kappa shape index (κ1) is 22.2. The van der Waals surface area contributed by atoms with E-state index in [-0.39, 0.29) is 28.4 Å². The van der Waals surface area contributed by atoms with Crippen molar-refractivity contribution in [2.75, 3.05) is 6.61 Å². The van der Waals surface area contributed by atoms with Gasteiger partial charge in [-0.1, -0.05) is 27.7 Å². The molecule has 2 aromatic rings. The molecule has 2 heterocycles. The highest BCUT2D eigenvalue weighted by molar-refractivity contribution is 7.83. The zero-order chi connectivity index (χ0) is 19.9. The molecule has 1 N–H and O–H groups in total. The molecule has 0 bridgehead atoms. The smallest absolute Gasteiger partial charge is 0.374 e. The van der Waals surface area contributed by atoms with Crippen molar-refractivity contribution in [3.05, 3.63) is 30.1 Å². The van der Waals surface area contributed by atoms with Crippen molar-refractivity contribution < 1.29 is 18.1 Å². The molecule has 26 heavy (non-hydrogen) atoms. The SMILES string of the molecule is CC.CC.CCOC(=O)c1ncc2c(F)cc(S(=O)NC3(C)CC3)cn12. The maximum atomic E-state index is 14.1. The molecule has 146 valence electrons. The number of carbonyl (C=O) groups excluding carboxylic acids is 1. The van der Waals surface area contributed by atoms with Crippen LogP contribution in [-0.2, 0) is 15.7 Å². The fourth-order valence-electron chi connectivity index (χ4n) is 2.05. The number of carbonyl (C=O) groups is 1. The molecule has 0 aromatic carbocycles. The van der Waals surface area contributed by atoms with Crippen LogP contribution in [0.2, 0.25) is 0 Å². The molecule has 3 rings (SSSR count). The summed E-state index contributed by atoms with van der Waals surface area (Å²) in [5, 5.41) is 0. The number of fused-ring (bicyclic) bond motifs is 1. The number of nitrogens with zero attached hydrogens (tertiary/aromatic N) is 2. The molecule has 8 heteroatoms. The van der Waals surface area contributed by atoms with Gasteiger partial charge in [0.2, 0.25) is 5.82 Å². The number of rotatable bonds is 5. The third-order valence-corrected chi connectivity index (χ3v) is 4.91. The van der Waals surface area contributed by atoms with Crippen LogP contribution in [-0.4, -0.2) is 31.7 Å². The Labute approximate surface area is 156 Å². The van der Waals surface area contributed by atoms with Crippen LogP contribution < -0.4 is 4.72 Å². The number of halogens is 1. The summed E-state index contributed by atoms with van der Waals surface area (Å²) in [6.45, 7) is 11.8. The van der Waals surface area contributed by atoms with Gasteiger partial charge in [0.1, 0.15) is 22.3 Å². The summed E-state index contributed by atoms with van der Waals surface area (Å²) in [7, 11) is -1.56. The summed E-state index contributed by atoms with van der Waals surface area (Å²) in [6.07, 6.45) is 4.57. The van der Waals surface area contributed by atoms with E-state index in [0.29, 0.717) is 0 Å². The second-order valence-electron chi connectivity index (χ2n) is 5.51. The van der Waals surface area contributed by atoms with E-state index >= 15 is 0 Å². The number of aromatic nitrogens is 2. The zero-order valence-electron chi connectivity index (χ0n) is 16.3. The summed E-state index contributed by atoms with van der Waals surface area (Å²) < 4.78 is 35.6. The van der Waals surface area contributed by atoms with Crippen molar-refractivity contribution in [2.45, 2.75) is 64.8 Å². The molecule has 1 aliphatic rings. The van der Waals surface area contributed by atoms with E-state index in [2.05, 4.69) is 9.71 Å². The molecule has 1 unspecified atom stereocenters. The van der Waals surface area contributed by atoms with Crippen LogP contribution in [0.5, 0.6) is 0 Å². The Morgan fingerprint density at radius 2 is 2.00 bits per heavy atom. The van der Waals surface area contributed by atoms with Crippen LogP contribution in [0.25, 0.3) is 5.52 Å². The molecule has 2 aromatic heterocycles. The Balaban J connectivity index is 0.000000791. The summed E-state index contributed by atoms with van der Waals surface area (Å²) in [5.74, 6) is -1.27. The predicted molar refractivity (Wildman–Crippen MR) is 101 cm³/mol. The van der Waals surface area contributed by atoms with Gasteiger partial charge in [-0.2, -0.15) is 0 Å². The maximum Gasteiger partial charge on any atom is 0.374 e. The third kappa shape index (κ3) is 5.11. The summed E-state index contributed by atoms with van der Waals surface area (Å²) >= 11 is 0. The summed E-state index contributed by atoms with van der Waals surface area (Å²) in [6, 6.07) is 1.20. The van der Waals surface area contributed by atoms with Gasteiger partial charge < -0.3 is 4.74 Å². The Morgan fingerprint density at radius 1 is 1.38 bits per heavy atom. The van der Waals surface area contributed by atoms with Crippen LogP contribution in [0.3, 0.4) is 0 Å². The highest BCUT2D eigenvalue weighted by Crippen LogP contribution is 2.35. The van der Waals surface area contributed by atoms with Gasteiger partial charge in [-0.15, -0.1) is 0 Å². The van der Waals surface area contributed by atoms with E-state index in [1.807, 2.05) is 34.6 Å². The topological polar surface area (TPSA) is 72.7 Å². The van der Waals surface area contributed by atoms with Crippen LogP contribution in [0.15, 0.2) is 23.4 Å². The zero-order valence-corrected chi connectivity index (χ0v) is 17.1. The Kier molecular flexibility index (Phi) is 8.36. The quantitative estimate of drug-likeness (QED) is 0.793. The van der Waals surface area contributed by atoms with Gasteiger partial charge >= 0.3 is 5.97 Å². The fourth-order valence-corrected chi connectivity index (χ4v) is 3.23. The number of ether oxygens (including phenoxy) is 1. The fraction of sp³-hybridized carbons (Fsp3) is 0.556. The number of hydrogen-bond donors (Lipinski definition) is 1. The lowest BCUT2D eigenvalue weighted by Crippen LogP contribution is -2.30. The van der Waals surface area contributed by atoms with Crippen molar-refractivity contribution in [3.8, 4) is 0 Å². The molecule has 1 fully saturated rings. The van der Waals surface area contributed by atoms with Crippen molar-refractivity contribution >= 4 is 22.5 Å². The number of hydrogen-bond acceptors (Lipinski definition) is 4. The summed E-state index contributed by atoms with van der Waals surface area (Å²) in [5.41, 5.74) is -0.0173. The van der Waals surface area contributed by atoms with Gasteiger partial charge in [0.15, 0.2) is 0 Å². The average molecular weight is 386 g/mol. The Bertz CT molecular complexity index is 772. The highest BCUT2D eigenvalue weighted by atomic mass is 32.2. The summed E-state index contributed by atoms with van der Waals surface area (Å²) in [4.78, 5) is 16.0. The van der Waals surface area contributed by atoms with Crippen molar-refractivity contribution in [3.63, 3.8) is 0 Å². The molecular formula is C18H28FN3O3S. The first-order chi connectivity index (χ1) is 12.4. The molecule has 0 radical (unpaired) electrons. The minimum atomic E-state index is -1.56. The second kappa shape index (κ2) is 9.78. The van der Waals surface area contributed by atoms with E-state index in [9.17, 15) is 13.4 Å². The maximum absolute atomic E-state index is 14.1. The molecule has 0 spiro atoms. The molecule has 1 saturated carbocycles. The lowest BCUT2D eigenvalue weighted by molar-refractivity contribution is 0.0511. The van der Waals surface area contributed by atoms with Gasteiger partial charge in [0.05, 0.1) is 17.7 Å². The number of nitrogens with one attached hydrogen (secondary N) is 1. The molecular weight excluding hydrogens is 357 g/mol.